The standard InChI is InChI=1S/C17H19ClN2O4/c1-10-13(11(2)24-19-10)9-20(3)17(21)7-12-6-15-16(8-14(12)18)23-5-4-22-15/h6,8H,4-5,7,9H2,1-3H3. The number of nitrogens with zero attached hydrogens (tertiary/aromatic N) is 2. The van der Waals surface area contributed by atoms with Gasteiger partial charge in [-0.15, -0.1) is 0 Å². The summed E-state index contributed by atoms with van der Waals surface area (Å²) in [4.78, 5) is 14.2. The minimum Gasteiger partial charge on any atom is -0.486 e. The summed E-state index contributed by atoms with van der Waals surface area (Å²) >= 11 is 6.27. The number of benzene rings is 1. The van der Waals surface area contributed by atoms with Crippen molar-refractivity contribution in [2.24, 2.45) is 0 Å². The van der Waals surface area contributed by atoms with Crippen LogP contribution >= 0.6 is 11.6 Å². The number of aromatic nitrogens is 1. The Labute approximate surface area is 145 Å². The molecule has 7 heteroatoms. The second-order valence-electron chi connectivity index (χ2n) is 5.82. The maximum absolute atomic E-state index is 12.5. The summed E-state index contributed by atoms with van der Waals surface area (Å²) in [7, 11) is 1.75. The molecule has 0 radical (unpaired) electrons. The van der Waals surface area contributed by atoms with Crippen LogP contribution in [0.15, 0.2) is 16.7 Å². The molecule has 6 nitrogen and oxygen atoms in total. The molecule has 0 spiro atoms. The lowest BCUT2D eigenvalue weighted by Crippen LogP contribution is -2.28. The van der Waals surface area contributed by atoms with Crippen molar-refractivity contribution in [3.63, 3.8) is 0 Å². The van der Waals surface area contributed by atoms with Gasteiger partial charge in [-0.25, -0.2) is 0 Å². The fourth-order valence-electron chi connectivity index (χ4n) is 2.59. The van der Waals surface area contributed by atoms with Gasteiger partial charge in [0.1, 0.15) is 19.0 Å². The minimum absolute atomic E-state index is 0.0476. The first-order valence-electron chi connectivity index (χ1n) is 7.69. The van der Waals surface area contributed by atoms with Gasteiger partial charge in [0.15, 0.2) is 11.5 Å². The number of carbonyl (C=O) groups is 1. The van der Waals surface area contributed by atoms with Gasteiger partial charge in [-0.1, -0.05) is 16.8 Å². The van der Waals surface area contributed by atoms with Crippen molar-refractivity contribution in [2.45, 2.75) is 26.8 Å². The van der Waals surface area contributed by atoms with E-state index in [1.807, 2.05) is 13.8 Å². The first-order valence-corrected chi connectivity index (χ1v) is 8.07. The van der Waals surface area contributed by atoms with Crippen LogP contribution in [0.1, 0.15) is 22.6 Å². The van der Waals surface area contributed by atoms with E-state index in [2.05, 4.69) is 5.16 Å². The molecule has 0 aliphatic carbocycles. The minimum atomic E-state index is -0.0476. The highest BCUT2D eigenvalue weighted by molar-refractivity contribution is 6.31. The van der Waals surface area contributed by atoms with Crippen molar-refractivity contribution in [1.82, 2.24) is 10.1 Å². The Morgan fingerprint density at radius 2 is 1.92 bits per heavy atom. The second-order valence-corrected chi connectivity index (χ2v) is 6.22. The molecule has 0 atom stereocenters. The van der Waals surface area contributed by atoms with E-state index in [-0.39, 0.29) is 12.3 Å². The number of halogens is 1. The van der Waals surface area contributed by atoms with Crippen molar-refractivity contribution in [3.8, 4) is 11.5 Å². The zero-order valence-corrected chi connectivity index (χ0v) is 14.6. The van der Waals surface area contributed by atoms with Crippen LogP contribution in [0.5, 0.6) is 11.5 Å². The molecule has 24 heavy (non-hydrogen) atoms. The summed E-state index contributed by atoms with van der Waals surface area (Å²) in [6, 6.07) is 3.48. The lowest BCUT2D eigenvalue weighted by atomic mass is 10.1. The molecule has 0 fully saturated rings. The third-order valence-electron chi connectivity index (χ3n) is 4.06. The number of ether oxygens (including phenoxy) is 2. The Hall–Kier alpha value is -2.21. The Morgan fingerprint density at radius 3 is 2.54 bits per heavy atom. The molecule has 2 aromatic rings. The molecular formula is C17H19ClN2O4. The molecule has 128 valence electrons. The van der Waals surface area contributed by atoms with Gasteiger partial charge < -0.3 is 18.9 Å². The Morgan fingerprint density at radius 1 is 1.25 bits per heavy atom. The van der Waals surface area contributed by atoms with Gasteiger partial charge >= 0.3 is 0 Å². The summed E-state index contributed by atoms with van der Waals surface area (Å²) in [5, 5.41) is 4.41. The molecular weight excluding hydrogens is 332 g/mol. The summed E-state index contributed by atoms with van der Waals surface area (Å²) in [6.45, 7) is 5.14. The zero-order chi connectivity index (χ0) is 17.3. The van der Waals surface area contributed by atoms with Gasteiger partial charge in [0.25, 0.3) is 0 Å². The van der Waals surface area contributed by atoms with Crippen molar-refractivity contribution in [2.75, 3.05) is 20.3 Å². The van der Waals surface area contributed by atoms with E-state index in [0.29, 0.717) is 36.3 Å². The fourth-order valence-corrected chi connectivity index (χ4v) is 2.81. The molecule has 1 aromatic carbocycles. The van der Waals surface area contributed by atoms with E-state index in [1.54, 1.807) is 24.1 Å². The number of carbonyl (C=O) groups excluding carboxylic acids is 1. The van der Waals surface area contributed by atoms with Crippen molar-refractivity contribution in [1.29, 1.82) is 0 Å². The normalized spacial score (nSPS) is 13.0. The smallest absolute Gasteiger partial charge is 0.227 e. The molecule has 0 saturated carbocycles. The van der Waals surface area contributed by atoms with E-state index >= 15 is 0 Å². The predicted molar refractivity (Wildman–Crippen MR) is 88.6 cm³/mol. The Bertz CT molecular complexity index is 753. The summed E-state index contributed by atoms with van der Waals surface area (Å²) in [6.07, 6.45) is 0.190. The number of hydrogen-bond donors (Lipinski definition) is 0. The van der Waals surface area contributed by atoms with Gasteiger partial charge in [0.05, 0.1) is 18.7 Å². The first-order chi connectivity index (χ1) is 11.5. The molecule has 2 heterocycles. The van der Waals surface area contributed by atoms with Gasteiger partial charge in [0.2, 0.25) is 5.91 Å². The van der Waals surface area contributed by atoms with Crippen LogP contribution in [0.25, 0.3) is 0 Å². The summed E-state index contributed by atoms with van der Waals surface area (Å²) in [5.74, 6) is 1.92. The lowest BCUT2D eigenvalue weighted by Gasteiger charge is -2.21. The Balaban J connectivity index is 1.72. The predicted octanol–water partition coefficient (Wildman–Crippen LogP) is 2.92. The number of aryl methyl sites for hydroxylation is 2. The van der Waals surface area contributed by atoms with Crippen molar-refractivity contribution in [3.05, 3.63) is 39.7 Å². The molecule has 1 aliphatic rings. The Kier molecular flexibility index (Phi) is 4.66. The van der Waals surface area contributed by atoms with E-state index in [9.17, 15) is 4.79 Å². The van der Waals surface area contributed by atoms with Crippen LogP contribution in [-0.4, -0.2) is 36.2 Å². The summed E-state index contributed by atoms with van der Waals surface area (Å²) < 4.78 is 16.2. The molecule has 0 unspecified atom stereocenters. The second kappa shape index (κ2) is 6.73. The van der Waals surface area contributed by atoms with E-state index in [4.69, 9.17) is 25.6 Å². The van der Waals surface area contributed by atoms with Gasteiger partial charge in [-0.05, 0) is 25.5 Å². The quantitative estimate of drug-likeness (QED) is 0.848. The highest BCUT2D eigenvalue weighted by atomic mass is 35.5. The van der Waals surface area contributed by atoms with Crippen molar-refractivity contribution >= 4 is 17.5 Å². The van der Waals surface area contributed by atoms with Crippen molar-refractivity contribution < 1.29 is 18.8 Å². The SMILES string of the molecule is Cc1noc(C)c1CN(C)C(=O)Cc1cc2c(cc1Cl)OCCO2. The molecule has 3 rings (SSSR count). The highest BCUT2D eigenvalue weighted by Gasteiger charge is 2.20. The molecule has 1 aromatic heterocycles. The van der Waals surface area contributed by atoms with E-state index in [0.717, 1.165) is 22.6 Å². The van der Waals surface area contributed by atoms with Crippen LogP contribution in [0.4, 0.5) is 0 Å². The molecule has 1 aliphatic heterocycles. The highest BCUT2D eigenvalue weighted by Crippen LogP contribution is 2.35. The monoisotopic (exact) mass is 350 g/mol. The number of hydrogen-bond acceptors (Lipinski definition) is 5. The van der Waals surface area contributed by atoms with Crippen LogP contribution in [-0.2, 0) is 17.8 Å². The van der Waals surface area contributed by atoms with Crippen LogP contribution < -0.4 is 9.47 Å². The molecule has 0 saturated heterocycles. The molecule has 1 amide bonds. The fraction of sp³-hybridized carbons (Fsp3) is 0.412. The molecule has 0 bridgehead atoms. The maximum Gasteiger partial charge on any atom is 0.227 e. The number of likely N-dealkylation sites (N-methyl/N-ethyl adjacent to an activating group) is 1. The lowest BCUT2D eigenvalue weighted by molar-refractivity contribution is -0.129. The third-order valence-corrected chi connectivity index (χ3v) is 4.41. The first kappa shape index (κ1) is 16.6. The van der Waals surface area contributed by atoms with Gasteiger partial charge in [-0.2, -0.15) is 0 Å². The van der Waals surface area contributed by atoms with E-state index < -0.39 is 0 Å². The van der Waals surface area contributed by atoms with Crippen LogP contribution in [0, 0.1) is 13.8 Å². The van der Waals surface area contributed by atoms with Crippen LogP contribution in [0.2, 0.25) is 5.02 Å². The van der Waals surface area contributed by atoms with Crippen LogP contribution in [0.3, 0.4) is 0 Å². The largest absolute Gasteiger partial charge is 0.486 e. The summed E-state index contributed by atoms with van der Waals surface area (Å²) in [5.41, 5.74) is 2.44. The molecule has 0 N–H and O–H groups in total. The van der Waals surface area contributed by atoms with E-state index in [1.165, 1.54) is 0 Å². The number of rotatable bonds is 4. The number of fused-ring (bicyclic) bond motifs is 1. The van der Waals surface area contributed by atoms with Gasteiger partial charge in [-0.3, -0.25) is 4.79 Å². The zero-order valence-electron chi connectivity index (χ0n) is 13.9. The number of amides is 1. The average molecular weight is 351 g/mol. The maximum atomic E-state index is 12.5. The van der Waals surface area contributed by atoms with Gasteiger partial charge in [0, 0.05) is 23.7 Å². The topological polar surface area (TPSA) is 64.8 Å². The average Bonchev–Trinajstić information content (AvgIpc) is 2.87. The third kappa shape index (κ3) is 3.33.